The number of aromatic amines is 1. The van der Waals surface area contributed by atoms with E-state index in [9.17, 15) is 9.59 Å². The lowest BCUT2D eigenvalue weighted by Crippen LogP contribution is -2.37. The van der Waals surface area contributed by atoms with Gasteiger partial charge in [0.15, 0.2) is 0 Å². The molecule has 0 saturated heterocycles. The average molecular weight is 351 g/mol. The minimum atomic E-state index is -0.201. The molecule has 0 radical (unpaired) electrons. The molecule has 1 N–H and O–H groups in total. The maximum absolute atomic E-state index is 12.7. The Labute approximate surface area is 151 Å². The second-order valence-electron chi connectivity index (χ2n) is 6.10. The smallest absolute Gasteiger partial charge is 0.258 e. The van der Waals surface area contributed by atoms with E-state index in [0.717, 1.165) is 6.42 Å². The Bertz CT molecular complexity index is 973. The van der Waals surface area contributed by atoms with Gasteiger partial charge < -0.3 is 14.3 Å². The molecule has 1 amide bonds. The maximum Gasteiger partial charge on any atom is 0.258 e. The third-order valence-electron chi connectivity index (χ3n) is 4.32. The predicted molar refractivity (Wildman–Crippen MR) is 100 cm³/mol. The second kappa shape index (κ2) is 7.82. The Balaban J connectivity index is 1.87. The van der Waals surface area contributed by atoms with Gasteiger partial charge in [0, 0.05) is 12.1 Å². The number of nitrogens with one attached hydrogen (secondary N) is 1. The first-order valence-corrected chi connectivity index (χ1v) is 8.58. The van der Waals surface area contributed by atoms with E-state index in [1.54, 1.807) is 47.6 Å². The highest BCUT2D eigenvalue weighted by Gasteiger charge is 2.19. The number of nitrogens with zero attached hydrogens (tertiary/aromatic N) is 2. The molecular weight excluding hydrogens is 330 g/mol. The summed E-state index contributed by atoms with van der Waals surface area (Å²) in [6, 6.07) is 10.7. The van der Waals surface area contributed by atoms with Crippen LogP contribution in [0.4, 0.5) is 0 Å². The van der Waals surface area contributed by atoms with Crippen LogP contribution in [-0.4, -0.2) is 26.8 Å². The van der Waals surface area contributed by atoms with E-state index >= 15 is 0 Å². The first-order chi connectivity index (χ1) is 12.6. The summed E-state index contributed by atoms with van der Waals surface area (Å²) < 4.78 is 5.22. The number of rotatable bonds is 6. The van der Waals surface area contributed by atoms with Crippen molar-refractivity contribution in [2.45, 2.75) is 32.9 Å². The zero-order valence-electron chi connectivity index (χ0n) is 14.8. The van der Waals surface area contributed by atoms with Gasteiger partial charge in [0.05, 0.1) is 23.7 Å². The third-order valence-corrected chi connectivity index (χ3v) is 4.32. The van der Waals surface area contributed by atoms with Crippen LogP contribution in [0.15, 0.2) is 57.9 Å². The zero-order chi connectivity index (χ0) is 18.5. The van der Waals surface area contributed by atoms with Gasteiger partial charge in [-0.25, -0.2) is 4.98 Å². The number of amides is 1. The summed E-state index contributed by atoms with van der Waals surface area (Å²) in [5, 5.41) is 0.537. The molecule has 0 aliphatic carbocycles. The van der Waals surface area contributed by atoms with Gasteiger partial charge in [-0.15, -0.1) is 0 Å². The van der Waals surface area contributed by atoms with Crippen LogP contribution in [0.1, 0.15) is 31.9 Å². The van der Waals surface area contributed by atoms with Crippen molar-refractivity contribution in [3.05, 3.63) is 70.7 Å². The number of para-hydroxylation sites is 1. The van der Waals surface area contributed by atoms with Gasteiger partial charge in [-0.2, -0.15) is 0 Å². The van der Waals surface area contributed by atoms with Gasteiger partial charge in [0.1, 0.15) is 11.6 Å². The Hall–Kier alpha value is -3.15. The summed E-state index contributed by atoms with van der Waals surface area (Å²) in [6.45, 7) is 4.21. The number of carbonyl (C=O) groups excluding carboxylic acids is 1. The minimum absolute atomic E-state index is 0.000485. The van der Waals surface area contributed by atoms with Crippen molar-refractivity contribution in [3.63, 3.8) is 0 Å². The summed E-state index contributed by atoms with van der Waals surface area (Å²) in [7, 11) is 0. The molecule has 3 aromatic rings. The number of fused-ring (bicyclic) bond motifs is 1. The fraction of sp³-hybridized carbons (Fsp3) is 0.250. The van der Waals surface area contributed by atoms with Crippen LogP contribution in [0.25, 0.3) is 17.0 Å². The molecule has 0 fully saturated rings. The fourth-order valence-electron chi connectivity index (χ4n) is 2.68. The summed E-state index contributed by atoms with van der Waals surface area (Å²) >= 11 is 0. The number of benzene rings is 1. The minimum Gasteiger partial charge on any atom is -0.465 e. The molecule has 1 aromatic carbocycles. The monoisotopic (exact) mass is 351 g/mol. The molecule has 6 nitrogen and oxygen atoms in total. The van der Waals surface area contributed by atoms with Crippen molar-refractivity contribution in [1.29, 1.82) is 0 Å². The van der Waals surface area contributed by atoms with E-state index in [-0.39, 0.29) is 24.1 Å². The van der Waals surface area contributed by atoms with E-state index < -0.39 is 0 Å². The van der Waals surface area contributed by atoms with Crippen molar-refractivity contribution in [2.75, 3.05) is 0 Å². The molecule has 1 atom stereocenters. The Morgan fingerprint density at radius 2 is 2.12 bits per heavy atom. The molecular formula is C20H21N3O3. The Morgan fingerprint density at radius 3 is 2.85 bits per heavy atom. The van der Waals surface area contributed by atoms with Gasteiger partial charge >= 0.3 is 0 Å². The van der Waals surface area contributed by atoms with Crippen LogP contribution in [0.5, 0.6) is 0 Å². The Kier molecular flexibility index (Phi) is 5.31. The lowest BCUT2D eigenvalue weighted by atomic mass is 10.2. The topological polar surface area (TPSA) is 79.2 Å². The summed E-state index contributed by atoms with van der Waals surface area (Å²) in [6.07, 6.45) is 5.46. The van der Waals surface area contributed by atoms with E-state index in [4.69, 9.17) is 4.42 Å². The molecule has 0 saturated carbocycles. The molecule has 0 bridgehead atoms. The van der Waals surface area contributed by atoms with Crippen LogP contribution >= 0.6 is 0 Å². The first kappa shape index (κ1) is 17.7. The van der Waals surface area contributed by atoms with Crippen molar-refractivity contribution >= 4 is 22.9 Å². The van der Waals surface area contributed by atoms with Crippen molar-refractivity contribution in [1.82, 2.24) is 14.9 Å². The van der Waals surface area contributed by atoms with Crippen LogP contribution in [0.3, 0.4) is 0 Å². The first-order valence-electron chi connectivity index (χ1n) is 8.58. The van der Waals surface area contributed by atoms with Gasteiger partial charge in [-0.1, -0.05) is 19.1 Å². The average Bonchev–Trinajstić information content (AvgIpc) is 3.17. The highest BCUT2D eigenvalue weighted by atomic mass is 16.3. The summed E-state index contributed by atoms with van der Waals surface area (Å²) in [5.41, 5.74) is 0.419. The molecule has 6 heteroatoms. The molecule has 0 unspecified atom stereocenters. The number of furan rings is 1. The molecule has 0 aliphatic heterocycles. The van der Waals surface area contributed by atoms with Crippen molar-refractivity contribution in [2.24, 2.45) is 0 Å². The lowest BCUT2D eigenvalue weighted by Gasteiger charge is -2.27. The van der Waals surface area contributed by atoms with Crippen LogP contribution in [0.2, 0.25) is 0 Å². The lowest BCUT2D eigenvalue weighted by molar-refractivity contribution is -0.128. The van der Waals surface area contributed by atoms with E-state index in [0.29, 0.717) is 22.5 Å². The quantitative estimate of drug-likeness (QED) is 0.691. The molecule has 0 spiro atoms. The number of hydrogen-bond donors (Lipinski definition) is 1. The van der Waals surface area contributed by atoms with Crippen molar-refractivity contribution < 1.29 is 9.21 Å². The molecule has 0 aliphatic rings. The number of aromatic nitrogens is 2. The van der Waals surface area contributed by atoms with Gasteiger partial charge in [0.2, 0.25) is 5.91 Å². The standard InChI is InChI=1S/C20H21N3O3/c1-3-14(2)23(19(24)11-10-15-7-6-12-26-15)13-18-21-17-9-5-4-8-16(17)20(25)22-18/h4-12,14H,3,13H2,1-2H3,(H,21,22,25)/b11-10+/t14-/m1/s1. The van der Waals surface area contributed by atoms with Crippen molar-refractivity contribution in [3.8, 4) is 0 Å². The van der Waals surface area contributed by atoms with Gasteiger partial charge in [-0.05, 0) is 43.7 Å². The largest absolute Gasteiger partial charge is 0.465 e. The second-order valence-corrected chi connectivity index (χ2v) is 6.10. The molecule has 2 heterocycles. The summed E-state index contributed by atoms with van der Waals surface area (Å²) in [4.78, 5) is 33.9. The third kappa shape index (κ3) is 3.91. The van der Waals surface area contributed by atoms with E-state index in [1.807, 2.05) is 19.9 Å². The molecule has 3 rings (SSSR count). The fourth-order valence-corrected chi connectivity index (χ4v) is 2.68. The van der Waals surface area contributed by atoms with Crippen LogP contribution < -0.4 is 5.56 Å². The highest BCUT2D eigenvalue weighted by molar-refractivity contribution is 5.91. The highest BCUT2D eigenvalue weighted by Crippen LogP contribution is 2.12. The molecule has 2 aromatic heterocycles. The zero-order valence-corrected chi connectivity index (χ0v) is 14.8. The van der Waals surface area contributed by atoms with Gasteiger partial charge in [0.25, 0.3) is 5.56 Å². The number of carbonyl (C=O) groups is 1. The predicted octanol–water partition coefficient (Wildman–Crippen LogP) is 3.36. The van der Waals surface area contributed by atoms with Crippen LogP contribution in [-0.2, 0) is 11.3 Å². The van der Waals surface area contributed by atoms with E-state index in [2.05, 4.69) is 9.97 Å². The number of H-pyrrole nitrogens is 1. The normalized spacial score (nSPS) is 12.5. The summed E-state index contributed by atoms with van der Waals surface area (Å²) in [5.74, 6) is 0.917. The Morgan fingerprint density at radius 1 is 1.31 bits per heavy atom. The number of hydrogen-bond acceptors (Lipinski definition) is 4. The van der Waals surface area contributed by atoms with Crippen LogP contribution in [0, 0.1) is 0 Å². The van der Waals surface area contributed by atoms with Gasteiger partial charge in [-0.3, -0.25) is 9.59 Å². The van der Waals surface area contributed by atoms with E-state index in [1.165, 1.54) is 6.08 Å². The molecule has 26 heavy (non-hydrogen) atoms. The SMILES string of the molecule is CC[C@@H](C)N(Cc1nc2ccccc2c(=O)[nH]1)C(=O)/C=C/c1ccco1. The molecule has 134 valence electrons. The maximum atomic E-state index is 12.7.